The molecule has 2 rings (SSSR count). The summed E-state index contributed by atoms with van der Waals surface area (Å²) in [5, 5.41) is 2.91. The zero-order valence-electron chi connectivity index (χ0n) is 13.0. The number of carbonyl (C=O) groups excluding carboxylic acids is 1. The third-order valence-electron chi connectivity index (χ3n) is 3.14. The highest BCUT2D eigenvalue weighted by Gasteiger charge is 2.11. The van der Waals surface area contributed by atoms with E-state index < -0.39 is 0 Å². The molecule has 0 saturated carbocycles. The normalized spacial score (nSPS) is 10.6. The maximum atomic E-state index is 12.4. The van der Waals surface area contributed by atoms with Gasteiger partial charge in [0.15, 0.2) is 0 Å². The molecule has 116 valence electrons. The van der Waals surface area contributed by atoms with Crippen molar-refractivity contribution >= 4 is 27.5 Å². The number of amides is 1. The van der Waals surface area contributed by atoms with E-state index in [1.54, 1.807) is 0 Å². The average Bonchev–Trinajstić information content (AvgIpc) is 2.49. The molecule has 4 heteroatoms. The van der Waals surface area contributed by atoms with Crippen molar-refractivity contribution in [3.05, 3.63) is 58.1 Å². The lowest BCUT2D eigenvalue weighted by Gasteiger charge is -2.14. The van der Waals surface area contributed by atoms with E-state index in [-0.39, 0.29) is 5.91 Å². The molecule has 0 saturated heterocycles. The van der Waals surface area contributed by atoms with Gasteiger partial charge in [0.2, 0.25) is 0 Å². The molecule has 1 N–H and O–H groups in total. The second-order valence-corrected chi connectivity index (χ2v) is 6.47. The summed E-state index contributed by atoms with van der Waals surface area (Å²) < 4.78 is 6.68. The summed E-state index contributed by atoms with van der Waals surface area (Å²) >= 11 is 3.45. The van der Waals surface area contributed by atoms with Crippen LogP contribution in [0.25, 0.3) is 0 Å². The number of rotatable bonds is 5. The first kappa shape index (κ1) is 16.6. The molecule has 0 aromatic heterocycles. The van der Waals surface area contributed by atoms with Crippen LogP contribution in [0.15, 0.2) is 46.9 Å². The third kappa shape index (κ3) is 4.34. The number of benzene rings is 2. The molecule has 0 atom stereocenters. The quantitative estimate of drug-likeness (QED) is 0.809. The number of aryl methyl sites for hydroxylation is 1. The molecule has 2 aromatic carbocycles. The minimum atomic E-state index is -0.152. The topological polar surface area (TPSA) is 38.3 Å². The van der Waals surface area contributed by atoms with E-state index in [0.717, 1.165) is 10.0 Å². The van der Waals surface area contributed by atoms with Crippen LogP contribution in [0, 0.1) is 12.8 Å². The van der Waals surface area contributed by atoms with E-state index in [0.29, 0.717) is 29.5 Å². The van der Waals surface area contributed by atoms with Crippen LogP contribution >= 0.6 is 15.9 Å². The van der Waals surface area contributed by atoms with Crippen molar-refractivity contribution < 1.29 is 9.53 Å². The van der Waals surface area contributed by atoms with Crippen LogP contribution in [-0.4, -0.2) is 12.5 Å². The van der Waals surface area contributed by atoms with Crippen LogP contribution in [0.4, 0.5) is 5.69 Å². The Kier molecular flexibility index (Phi) is 5.61. The Balaban J connectivity index is 2.15. The molecule has 0 aliphatic rings. The molecule has 22 heavy (non-hydrogen) atoms. The van der Waals surface area contributed by atoms with Gasteiger partial charge in [-0.1, -0.05) is 48.0 Å². The molecular formula is C18H20BrNO2. The van der Waals surface area contributed by atoms with E-state index in [2.05, 4.69) is 35.1 Å². The Bertz CT molecular complexity index is 668. The number of hydrogen-bond acceptors (Lipinski definition) is 2. The Morgan fingerprint density at radius 1 is 1.23 bits per heavy atom. The SMILES string of the molecule is Cc1ccc(C(=O)Nc2ccccc2OCC(C)C)cc1Br. The van der Waals surface area contributed by atoms with E-state index >= 15 is 0 Å². The molecule has 0 radical (unpaired) electrons. The maximum absolute atomic E-state index is 12.4. The lowest BCUT2D eigenvalue weighted by molar-refractivity contribution is 0.102. The Morgan fingerprint density at radius 2 is 1.95 bits per heavy atom. The molecule has 0 aliphatic carbocycles. The molecule has 2 aromatic rings. The Hall–Kier alpha value is -1.81. The van der Waals surface area contributed by atoms with Gasteiger partial charge in [0.05, 0.1) is 12.3 Å². The summed E-state index contributed by atoms with van der Waals surface area (Å²) in [5.41, 5.74) is 2.39. The number of para-hydroxylation sites is 2. The molecule has 0 fully saturated rings. The Morgan fingerprint density at radius 3 is 2.64 bits per heavy atom. The van der Waals surface area contributed by atoms with Crippen LogP contribution in [0.2, 0.25) is 0 Å². The molecule has 1 amide bonds. The van der Waals surface area contributed by atoms with Gasteiger partial charge in [-0.25, -0.2) is 0 Å². The van der Waals surface area contributed by atoms with Crippen molar-refractivity contribution in [2.75, 3.05) is 11.9 Å². The summed E-state index contributed by atoms with van der Waals surface area (Å²) in [7, 11) is 0. The number of halogens is 1. The van der Waals surface area contributed by atoms with Crippen molar-refractivity contribution in [1.29, 1.82) is 0 Å². The highest BCUT2D eigenvalue weighted by molar-refractivity contribution is 9.10. The first-order valence-electron chi connectivity index (χ1n) is 7.26. The van der Waals surface area contributed by atoms with Gasteiger partial charge in [-0.2, -0.15) is 0 Å². The van der Waals surface area contributed by atoms with Crippen molar-refractivity contribution in [3.8, 4) is 5.75 Å². The van der Waals surface area contributed by atoms with Crippen molar-refractivity contribution in [2.45, 2.75) is 20.8 Å². The van der Waals surface area contributed by atoms with E-state index in [1.807, 2.05) is 49.4 Å². The van der Waals surface area contributed by atoms with E-state index in [1.165, 1.54) is 0 Å². The molecule has 0 unspecified atom stereocenters. The highest BCUT2D eigenvalue weighted by Crippen LogP contribution is 2.25. The zero-order valence-corrected chi connectivity index (χ0v) is 14.6. The van der Waals surface area contributed by atoms with Crippen LogP contribution in [0.1, 0.15) is 29.8 Å². The van der Waals surface area contributed by atoms with Crippen LogP contribution in [-0.2, 0) is 0 Å². The van der Waals surface area contributed by atoms with Crippen molar-refractivity contribution in [2.24, 2.45) is 5.92 Å². The van der Waals surface area contributed by atoms with E-state index in [4.69, 9.17) is 4.74 Å². The third-order valence-corrected chi connectivity index (χ3v) is 4.00. The molecule has 0 bridgehead atoms. The first-order valence-corrected chi connectivity index (χ1v) is 8.06. The molecule has 3 nitrogen and oxygen atoms in total. The van der Waals surface area contributed by atoms with Gasteiger partial charge in [0, 0.05) is 10.0 Å². The van der Waals surface area contributed by atoms with Gasteiger partial charge in [-0.15, -0.1) is 0 Å². The summed E-state index contributed by atoms with van der Waals surface area (Å²) in [4.78, 5) is 12.4. The predicted octanol–water partition coefficient (Wildman–Crippen LogP) is 5.04. The van der Waals surface area contributed by atoms with Gasteiger partial charge < -0.3 is 10.1 Å². The van der Waals surface area contributed by atoms with Crippen molar-refractivity contribution in [3.63, 3.8) is 0 Å². The van der Waals surface area contributed by atoms with Crippen LogP contribution in [0.3, 0.4) is 0 Å². The number of ether oxygens (including phenoxy) is 1. The first-order chi connectivity index (χ1) is 10.5. The second kappa shape index (κ2) is 7.45. The standard InChI is InChI=1S/C18H20BrNO2/c1-12(2)11-22-17-7-5-4-6-16(17)20-18(21)14-9-8-13(3)15(19)10-14/h4-10,12H,11H2,1-3H3,(H,20,21). The van der Waals surface area contributed by atoms with Gasteiger partial charge in [0.25, 0.3) is 5.91 Å². The minimum absolute atomic E-state index is 0.152. The van der Waals surface area contributed by atoms with Gasteiger partial charge >= 0.3 is 0 Å². The fourth-order valence-corrected chi connectivity index (χ4v) is 2.26. The fraction of sp³-hybridized carbons (Fsp3) is 0.278. The number of anilines is 1. The smallest absolute Gasteiger partial charge is 0.255 e. The molecule has 0 aliphatic heterocycles. The van der Waals surface area contributed by atoms with Gasteiger partial charge in [-0.3, -0.25) is 4.79 Å². The second-order valence-electron chi connectivity index (χ2n) is 5.62. The molecule has 0 spiro atoms. The number of carbonyl (C=O) groups is 1. The predicted molar refractivity (Wildman–Crippen MR) is 93.6 cm³/mol. The lowest BCUT2D eigenvalue weighted by Crippen LogP contribution is -2.14. The summed E-state index contributed by atoms with van der Waals surface area (Å²) in [6.07, 6.45) is 0. The van der Waals surface area contributed by atoms with Crippen molar-refractivity contribution in [1.82, 2.24) is 0 Å². The number of nitrogens with one attached hydrogen (secondary N) is 1. The van der Waals surface area contributed by atoms with Crippen LogP contribution < -0.4 is 10.1 Å². The number of hydrogen-bond donors (Lipinski definition) is 1. The summed E-state index contributed by atoms with van der Waals surface area (Å²) in [6, 6.07) is 13.0. The van der Waals surface area contributed by atoms with Gasteiger partial charge in [-0.05, 0) is 42.7 Å². The minimum Gasteiger partial charge on any atom is -0.491 e. The fourth-order valence-electron chi connectivity index (χ4n) is 1.88. The summed E-state index contributed by atoms with van der Waals surface area (Å²) in [5.74, 6) is 0.967. The lowest BCUT2D eigenvalue weighted by atomic mass is 10.1. The monoisotopic (exact) mass is 361 g/mol. The molecular weight excluding hydrogens is 342 g/mol. The summed E-state index contributed by atoms with van der Waals surface area (Å²) in [6.45, 7) is 6.78. The zero-order chi connectivity index (χ0) is 16.1. The van der Waals surface area contributed by atoms with Crippen LogP contribution in [0.5, 0.6) is 5.75 Å². The van der Waals surface area contributed by atoms with E-state index in [9.17, 15) is 4.79 Å². The largest absolute Gasteiger partial charge is 0.491 e. The highest BCUT2D eigenvalue weighted by atomic mass is 79.9. The van der Waals surface area contributed by atoms with Gasteiger partial charge in [0.1, 0.15) is 5.75 Å². The molecule has 0 heterocycles. The average molecular weight is 362 g/mol. The maximum Gasteiger partial charge on any atom is 0.255 e. The Labute approximate surface area is 139 Å².